The molecule has 4 rings (SSSR count). The summed E-state index contributed by atoms with van der Waals surface area (Å²) in [6, 6.07) is 12.9. The van der Waals surface area contributed by atoms with Crippen LogP contribution in [-0.4, -0.2) is 53.9 Å². The molecule has 34 heavy (non-hydrogen) atoms. The number of rotatable bonds is 10. The summed E-state index contributed by atoms with van der Waals surface area (Å²) in [4.78, 5) is 19.6. The summed E-state index contributed by atoms with van der Waals surface area (Å²) in [5.41, 5.74) is 2.28. The highest BCUT2D eigenvalue weighted by Gasteiger charge is 2.24. The Morgan fingerprint density at radius 1 is 1.24 bits per heavy atom. The Morgan fingerprint density at radius 3 is 2.71 bits per heavy atom. The number of aryl methyl sites for hydroxylation is 1. The van der Waals surface area contributed by atoms with E-state index in [1.165, 1.54) is 0 Å². The normalized spacial score (nSPS) is 15.2. The van der Waals surface area contributed by atoms with Crippen molar-refractivity contribution in [3.63, 3.8) is 0 Å². The van der Waals surface area contributed by atoms with Gasteiger partial charge in [-0.1, -0.05) is 23.9 Å². The number of methoxy groups -OCH3 is 1. The van der Waals surface area contributed by atoms with Crippen molar-refractivity contribution in [2.45, 2.75) is 32.4 Å². The third-order valence-corrected chi connectivity index (χ3v) is 5.60. The van der Waals surface area contributed by atoms with Crippen LogP contribution >= 0.6 is 0 Å². The average Bonchev–Trinajstić information content (AvgIpc) is 3.54. The van der Waals surface area contributed by atoms with Crippen LogP contribution < -0.4 is 9.47 Å². The van der Waals surface area contributed by atoms with Gasteiger partial charge in [-0.25, -0.2) is 0 Å². The van der Waals surface area contributed by atoms with E-state index in [0.29, 0.717) is 48.5 Å². The summed E-state index contributed by atoms with van der Waals surface area (Å²) < 4.78 is 22.2. The second kappa shape index (κ2) is 11.0. The molecule has 2 heterocycles. The number of aromatic nitrogens is 2. The largest absolute Gasteiger partial charge is 0.493 e. The molecule has 0 aliphatic carbocycles. The van der Waals surface area contributed by atoms with Gasteiger partial charge < -0.3 is 23.6 Å². The lowest BCUT2D eigenvalue weighted by Crippen LogP contribution is -2.37. The molecular formula is C26H29N3O5. The Morgan fingerprint density at radius 2 is 2.06 bits per heavy atom. The van der Waals surface area contributed by atoms with Crippen LogP contribution in [0.5, 0.6) is 11.5 Å². The van der Waals surface area contributed by atoms with E-state index >= 15 is 0 Å². The van der Waals surface area contributed by atoms with Gasteiger partial charge in [0.05, 0.1) is 13.2 Å². The van der Waals surface area contributed by atoms with Gasteiger partial charge in [0.2, 0.25) is 0 Å². The van der Waals surface area contributed by atoms with Crippen molar-refractivity contribution in [2.24, 2.45) is 0 Å². The first-order valence-corrected chi connectivity index (χ1v) is 11.3. The molecule has 1 saturated heterocycles. The Hall–Kier alpha value is -3.65. The fourth-order valence-electron chi connectivity index (χ4n) is 3.90. The van der Waals surface area contributed by atoms with Crippen LogP contribution in [0.2, 0.25) is 0 Å². The minimum absolute atomic E-state index is 0.0293. The van der Waals surface area contributed by atoms with Crippen LogP contribution in [0.25, 0.3) is 11.5 Å². The molecule has 1 fully saturated rings. The van der Waals surface area contributed by atoms with Crippen LogP contribution in [-0.2, 0) is 11.3 Å². The predicted octanol–water partition coefficient (Wildman–Crippen LogP) is 4.44. The lowest BCUT2D eigenvalue weighted by Gasteiger charge is -2.26. The lowest BCUT2D eigenvalue weighted by atomic mass is 10.1. The fraction of sp³-hybridized carbons (Fsp3) is 0.346. The standard InChI is InChI=1S/C26H29N3O5/c1-4-13-33-23-12-7-19(15-24(23)31-3)16-29(17-22-6-5-14-32-22)26(30)21-10-8-20(9-11-21)25-27-18(2)28-34-25/h4,7-12,15,22H,1,5-6,13-14,16-17H2,2-3H3. The minimum atomic E-state index is -0.0743. The van der Waals surface area contributed by atoms with Gasteiger partial charge in [-0.15, -0.1) is 0 Å². The number of amides is 1. The van der Waals surface area contributed by atoms with E-state index in [-0.39, 0.29) is 12.0 Å². The SMILES string of the molecule is C=CCOc1ccc(CN(CC2CCCO2)C(=O)c2ccc(-c3nc(C)no3)cc2)cc1OC. The zero-order chi connectivity index (χ0) is 23.9. The molecule has 0 N–H and O–H groups in total. The van der Waals surface area contributed by atoms with E-state index in [4.69, 9.17) is 18.7 Å². The molecule has 1 atom stereocenters. The van der Waals surface area contributed by atoms with E-state index in [0.717, 1.165) is 30.6 Å². The van der Waals surface area contributed by atoms with E-state index in [2.05, 4.69) is 16.7 Å². The summed E-state index contributed by atoms with van der Waals surface area (Å²) >= 11 is 0. The molecule has 178 valence electrons. The molecule has 0 spiro atoms. The minimum Gasteiger partial charge on any atom is -0.493 e. The number of carbonyl (C=O) groups is 1. The zero-order valence-electron chi connectivity index (χ0n) is 19.5. The van der Waals surface area contributed by atoms with Crippen molar-refractivity contribution in [3.05, 3.63) is 72.1 Å². The van der Waals surface area contributed by atoms with E-state index in [9.17, 15) is 4.79 Å². The van der Waals surface area contributed by atoms with Crippen LogP contribution in [0.1, 0.15) is 34.6 Å². The number of hydrogen-bond donors (Lipinski definition) is 0. The maximum Gasteiger partial charge on any atom is 0.257 e. The first kappa shape index (κ1) is 23.5. The van der Waals surface area contributed by atoms with Gasteiger partial charge in [0.1, 0.15) is 6.61 Å². The predicted molar refractivity (Wildman–Crippen MR) is 127 cm³/mol. The van der Waals surface area contributed by atoms with Crippen LogP contribution in [0.4, 0.5) is 0 Å². The lowest BCUT2D eigenvalue weighted by molar-refractivity contribution is 0.0507. The van der Waals surface area contributed by atoms with Gasteiger partial charge in [-0.2, -0.15) is 4.98 Å². The van der Waals surface area contributed by atoms with Crippen molar-refractivity contribution < 1.29 is 23.5 Å². The highest BCUT2D eigenvalue weighted by atomic mass is 16.5. The highest BCUT2D eigenvalue weighted by molar-refractivity contribution is 5.94. The summed E-state index contributed by atoms with van der Waals surface area (Å²) in [6.07, 6.45) is 3.66. The Kier molecular flexibility index (Phi) is 7.59. The van der Waals surface area contributed by atoms with Gasteiger partial charge >= 0.3 is 0 Å². The second-order valence-corrected chi connectivity index (χ2v) is 8.13. The molecule has 2 aromatic carbocycles. The molecule has 1 aromatic heterocycles. The summed E-state index contributed by atoms with van der Waals surface area (Å²) in [5, 5.41) is 3.82. The topological polar surface area (TPSA) is 86.9 Å². The summed E-state index contributed by atoms with van der Waals surface area (Å²) in [6.45, 7) is 7.49. The summed E-state index contributed by atoms with van der Waals surface area (Å²) in [5.74, 6) is 2.17. The Bertz CT molecular complexity index is 1120. The van der Waals surface area contributed by atoms with E-state index in [1.807, 2.05) is 35.2 Å². The number of benzene rings is 2. The highest BCUT2D eigenvalue weighted by Crippen LogP contribution is 2.29. The molecule has 1 aliphatic heterocycles. The Labute approximate surface area is 199 Å². The monoisotopic (exact) mass is 463 g/mol. The maximum atomic E-state index is 13.5. The maximum absolute atomic E-state index is 13.5. The van der Waals surface area contributed by atoms with Gasteiger partial charge in [-0.05, 0) is 61.7 Å². The van der Waals surface area contributed by atoms with Gasteiger partial charge in [0, 0.05) is 30.8 Å². The molecular weight excluding hydrogens is 434 g/mol. The Balaban J connectivity index is 1.54. The molecule has 1 amide bonds. The van der Waals surface area contributed by atoms with Crippen LogP contribution in [0, 0.1) is 6.92 Å². The van der Waals surface area contributed by atoms with Gasteiger partial charge in [0.15, 0.2) is 17.3 Å². The molecule has 0 radical (unpaired) electrons. The average molecular weight is 464 g/mol. The molecule has 0 saturated carbocycles. The number of nitrogens with zero attached hydrogens (tertiary/aromatic N) is 3. The fourth-order valence-corrected chi connectivity index (χ4v) is 3.90. The quantitative estimate of drug-likeness (QED) is 0.411. The first-order valence-electron chi connectivity index (χ1n) is 11.3. The van der Waals surface area contributed by atoms with Gasteiger partial charge in [-0.3, -0.25) is 4.79 Å². The van der Waals surface area contributed by atoms with Crippen molar-refractivity contribution in [3.8, 4) is 23.0 Å². The molecule has 8 heteroatoms. The molecule has 1 aliphatic rings. The van der Waals surface area contributed by atoms with Crippen molar-refractivity contribution in [1.82, 2.24) is 15.0 Å². The third kappa shape index (κ3) is 5.63. The van der Waals surface area contributed by atoms with Crippen LogP contribution in [0.3, 0.4) is 0 Å². The molecule has 3 aromatic rings. The van der Waals surface area contributed by atoms with Crippen molar-refractivity contribution in [1.29, 1.82) is 0 Å². The van der Waals surface area contributed by atoms with E-state index < -0.39 is 0 Å². The molecule has 1 unspecified atom stereocenters. The molecule has 8 nitrogen and oxygen atoms in total. The zero-order valence-corrected chi connectivity index (χ0v) is 19.5. The number of ether oxygens (including phenoxy) is 3. The summed E-state index contributed by atoms with van der Waals surface area (Å²) in [7, 11) is 1.60. The van der Waals surface area contributed by atoms with Crippen molar-refractivity contribution in [2.75, 3.05) is 26.9 Å². The van der Waals surface area contributed by atoms with Crippen LogP contribution in [0.15, 0.2) is 59.6 Å². The van der Waals surface area contributed by atoms with Crippen molar-refractivity contribution >= 4 is 5.91 Å². The second-order valence-electron chi connectivity index (χ2n) is 8.13. The van der Waals surface area contributed by atoms with E-state index in [1.54, 1.807) is 32.2 Å². The first-order chi connectivity index (χ1) is 16.6. The molecule has 0 bridgehead atoms. The number of hydrogen-bond acceptors (Lipinski definition) is 7. The van der Waals surface area contributed by atoms with Gasteiger partial charge in [0.25, 0.3) is 11.8 Å². The third-order valence-electron chi connectivity index (χ3n) is 5.60. The smallest absolute Gasteiger partial charge is 0.257 e. The number of carbonyl (C=O) groups excluding carboxylic acids is 1.